The Morgan fingerprint density at radius 3 is 2.29 bits per heavy atom. The topological polar surface area (TPSA) is 58.6 Å². The molecule has 0 spiro atoms. The Morgan fingerprint density at radius 1 is 0.914 bits per heavy atom. The lowest BCUT2D eigenvalue weighted by molar-refractivity contribution is -0.143. The van der Waals surface area contributed by atoms with Gasteiger partial charge in [0, 0.05) is 29.1 Å². The first-order valence-electron chi connectivity index (χ1n) is 11.6. The number of carbonyl (C=O) groups is 2. The summed E-state index contributed by atoms with van der Waals surface area (Å²) in [5.41, 5.74) is 1.82. The summed E-state index contributed by atoms with van der Waals surface area (Å²) in [4.78, 5) is 28.5. The zero-order valence-electron chi connectivity index (χ0n) is 19.9. The normalized spacial score (nSPS) is 12.5. The fraction of sp³-hybridized carbons (Fsp3) is 0.286. The van der Waals surface area contributed by atoms with Gasteiger partial charge in [0.15, 0.2) is 6.61 Å². The zero-order chi connectivity index (χ0) is 25.2. The summed E-state index contributed by atoms with van der Waals surface area (Å²) in [6.45, 7) is 3.97. The van der Waals surface area contributed by atoms with Crippen molar-refractivity contribution < 1.29 is 14.3 Å². The van der Waals surface area contributed by atoms with E-state index < -0.39 is 6.04 Å². The molecule has 35 heavy (non-hydrogen) atoms. The van der Waals surface area contributed by atoms with Crippen LogP contribution >= 0.6 is 23.2 Å². The molecule has 5 nitrogen and oxygen atoms in total. The van der Waals surface area contributed by atoms with E-state index in [0.717, 1.165) is 17.5 Å². The van der Waals surface area contributed by atoms with E-state index in [1.165, 1.54) is 0 Å². The van der Waals surface area contributed by atoms with Gasteiger partial charge in [-0.2, -0.15) is 0 Å². The number of carbonyl (C=O) groups excluding carboxylic acids is 2. The Bertz CT molecular complexity index is 1110. The van der Waals surface area contributed by atoms with Crippen LogP contribution in [0.15, 0.2) is 78.9 Å². The number of nitrogens with zero attached hydrogens (tertiary/aromatic N) is 1. The van der Waals surface area contributed by atoms with E-state index in [9.17, 15) is 9.59 Å². The number of hydrogen-bond acceptors (Lipinski definition) is 3. The van der Waals surface area contributed by atoms with Crippen molar-refractivity contribution >= 4 is 35.0 Å². The Kier molecular flexibility index (Phi) is 10.0. The van der Waals surface area contributed by atoms with Crippen LogP contribution < -0.4 is 10.1 Å². The van der Waals surface area contributed by atoms with Gasteiger partial charge in [0.1, 0.15) is 11.8 Å². The third-order valence-corrected chi connectivity index (χ3v) is 6.18. The molecule has 3 rings (SSSR count). The van der Waals surface area contributed by atoms with Gasteiger partial charge in [0.25, 0.3) is 5.91 Å². The molecule has 0 aliphatic heterocycles. The third kappa shape index (κ3) is 8.30. The molecule has 0 radical (unpaired) electrons. The maximum absolute atomic E-state index is 13.5. The van der Waals surface area contributed by atoms with Gasteiger partial charge in [-0.1, -0.05) is 78.7 Å². The minimum atomic E-state index is -0.725. The number of benzene rings is 3. The highest BCUT2D eigenvalue weighted by atomic mass is 35.5. The molecular weight excluding hydrogens is 483 g/mol. The monoisotopic (exact) mass is 512 g/mol. The van der Waals surface area contributed by atoms with Gasteiger partial charge in [0.2, 0.25) is 5.91 Å². The molecule has 7 heteroatoms. The van der Waals surface area contributed by atoms with Crippen LogP contribution in [0, 0.1) is 0 Å². The largest absolute Gasteiger partial charge is 0.484 e. The van der Waals surface area contributed by atoms with Crippen LogP contribution in [0.2, 0.25) is 10.0 Å². The van der Waals surface area contributed by atoms with Gasteiger partial charge in [0.05, 0.1) is 0 Å². The summed E-state index contributed by atoms with van der Waals surface area (Å²) >= 11 is 12.1. The maximum Gasteiger partial charge on any atom is 0.261 e. The summed E-state index contributed by atoms with van der Waals surface area (Å²) in [5.74, 6) is -0.0191. The van der Waals surface area contributed by atoms with E-state index in [4.69, 9.17) is 27.9 Å². The van der Waals surface area contributed by atoms with Crippen molar-refractivity contribution in [1.82, 2.24) is 10.2 Å². The zero-order valence-corrected chi connectivity index (χ0v) is 21.4. The van der Waals surface area contributed by atoms with Gasteiger partial charge in [-0.15, -0.1) is 0 Å². The molecule has 184 valence electrons. The molecule has 0 saturated carbocycles. The minimum absolute atomic E-state index is 0.0176. The van der Waals surface area contributed by atoms with E-state index in [0.29, 0.717) is 22.2 Å². The highest BCUT2D eigenvalue weighted by molar-refractivity contribution is 6.30. The third-order valence-electron chi connectivity index (χ3n) is 5.70. The van der Waals surface area contributed by atoms with Crippen LogP contribution in [-0.4, -0.2) is 35.4 Å². The number of ether oxygens (including phenoxy) is 1. The highest BCUT2D eigenvalue weighted by Crippen LogP contribution is 2.20. The summed E-state index contributed by atoms with van der Waals surface area (Å²) < 4.78 is 5.74. The molecule has 0 aliphatic carbocycles. The Balaban J connectivity index is 1.90. The van der Waals surface area contributed by atoms with Crippen molar-refractivity contribution in [2.24, 2.45) is 0 Å². The summed E-state index contributed by atoms with van der Waals surface area (Å²) in [7, 11) is 0. The molecule has 0 fully saturated rings. The average molecular weight is 513 g/mol. The first-order chi connectivity index (χ1) is 16.9. The second-order valence-electron chi connectivity index (χ2n) is 8.42. The van der Waals surface area contributed by atoms with Gasteiger partial charge in [-0.05, 0) is 54.8 Å². The lowest BCUT2D eigenvalue weighted by Crippen LogP contribution is -2.53. The van der Waals surface area contributed by atoms with Gasteiger partial charge in [-0.25, -0.2) is 0 Å². The summed E-state index contributed by atoms with van der Waals surface area (Å²) in [6, 6.07) is 23.1. The van der Waals surface area contributed by atoms with E-state index in [1.807, 2.05) is 56.3 Å². The van der Waals surface area contributed by atoms with Crippen molar-refractivity contribution in [3.05, 3.63) is 100 Å². The van der Waals surface area contributed by atoms with Gasteiger partial charge >= 0.3 is 0 Å². The Labute approximate surface area is 217 Å². The van der Waals surface area contributed by atoms with Crippen molar-refractivity contribution in [2.45, 2.75) is 45.3 Å². The SMILES string of the molecule is CC[C@@H](C)NC(=O)[C@H](Cc1ccccc1)N(Cc1ccc(Cl)cc1)C(=O)COc1cccc(Cl)c1. The van der Waals surface area contributed by atoms with Crippen LogP contribution in [0.3, 0.4) is 0 Å². The second-order valence-corrected chi connectivity index (χ2v) is 9.29. The molecule has 3 aromatic rings. The van der Waals surface area contributed by atoms with Crippen molar-refractivity contribution in [3.63, 3.8) is 0 Å². The number of hydrogen-bond donors (Lipinski definition) is 1. The Hall–Kier alpha value is -3.02. The molecule has 1 N–H and O–H groups in total. The number of rotatable bonds is 11. The van der Waals surface area contributed by atoms with Gasteiger partial charge in [-0.3, -0.25) is 9.59 Å². The summed E-state index contributed by atoms with van der Waals surface area (Å²) in [6.07, 6.45) is 1.16. The predicted octanol–water partition coefficient (Wildman–Crippen LogP) is 5.93. The smallest absolute Gasteiger partial charge is 0.261 e. The molecular formula is C28H30Cl2N2O3. The van der Waals surface area contributed by atoms with Crippen molar-refractivity contribution in [1.29, 1.82) is 0 Å². The lowest BCUT2D eigenvalue weighted by atomic mass is 10.0. The highest BCUT2D eigenvalue weighted by Gasteiger charge is 2.31. The van der Waals surface area contributed by atoms with Crippen LogP contribution in [-0.2, 0) is 22.6 Å². The van der Waals surface area contributed by atoms with Crippen LogP contribution in [0.25, 0.3) is 0 Å². The van der Waals surface area contributed by atoms with Crippen LogP contribution in [0.4, 0.5) is 0 Å². The first kappa shape index (κ1) is 26.6. The van der Waals surface area contributed by atoms with Crippen molar-refractivity contribution in [3.8, 4) is 5.75 Å². The molecule has 0 unspecified atom stereocenters. The molecule has 2 atom stereocenters. The maximum atomic E-state index is 13.5. The molecule has 0 aromatic heterocycles. The van der Waals surface area contributed by atoms with Crippen molar-refractivity contribution in [2.75, 3.05) is 6.61 Å². The van der Waals surface area contributed by atoms with Crippen LogP contribution in [0.5, 0.6) is 5.75 Å². The summed E-state index contributed by atoms with van der Waals surface area (Å²) in [5, 5.41) is 4.17. The quantitative estimate of drug-likeness (QED) is 0.346. The van der Waals surface area contributed by atoms with E-state index >= 15 is 0 Å². The number of nitrogens with one attached hydrogen (secondary N) is 1. The number of halogens is 2. The molecule has 0 bridgehead atoms. The predicted molar refractivity (Wildman–Crippen MR) is 141 cm³/mol. The Morgan fingerprint density at radius 2 is 1.63 bits per heavy atom. The van der Waals surface area contributed by atoms with E-state index in [-0.39, 0.29) is 31.0 Å². The molecule has 3 aromatic carbocycles. The molecule has 0 aliphatic rings. The average Bonchev–Trinajstić information content (AvgIpc) is 2.86. The first-order valence-corrected chi connectivity index (χ1v) is 12.4. The standard InChI is InChI=1S/C28H30Cl2N2O3/c1-3-20(2)31-28(34)26(16-21-8-5-4-6-9-21)32(18-22-12-14-23(29)15-13-22)27(33)19-35-25-11-7-10-24(30)17-25/h4-15,17,20,26H,3,16,18-19H2,1-2H3,(H,31,34)/t20-,26+/m1/s1. The van der Waals surface area contributed by atoms with E-state index in [1.54, 1.807) is 41.3 Å². The van der Waals surface area contributed by atoms with Crippen LogP contribution in [0.1, 0.15) is 31.4 Å². The molecule has 0 saturated heterocycles. The second kappa shape index (κ2) is 13.2. The van der Waals surface area contributed by atoms with Gasteiger partial charge < -0.3 is 15.0 Å². The fourth-order valence-corrected chi connectivity index (χ4v) is 3.87. The molecule has 2 amide bonds. The lowest BCUT2D eigenvalue weighted by Gasteiger charge is -2.32. The fourth-order valence-electron chi connectivity index (χ4n) is 3.57. The van der Waals surface area contributed by atoms with E-state index in [2.05, 4.69) is 5.32 Å². The molecule has 0 heterocycles. The number of amides is 2. The minimum Gasteiger partial charge on any atom is -0.484 e.